The van der Waals surface area contributed by atoms with Gasteiger partial charge in [-0.2, -0.15) is 5.10 Å². The zero-order chi connectivity index (χ0) is 13.0. The first-order valence-electron chi connectivity index (χ1n) is 4.85. The van der Waals surface area contributed by atoms with Crippen molar-refractivity contribution >= 4 is 46.7 Å². The molecule has 1 amide bonds. The maximum atomic E-state index is 11.7. The molecular formula is C11H7Cl2N3OS. The average Bonchev–Trinajstić information content (AvgIpc) is 2.80. The van der Waals surface area contributed by atoms with Crippen LogP contribution >= 0.6 is 34.5 Å². The Morgan fingerprint density at radius 1 is 1.39 bits per heavy atom. The number of rotatable bonds is 3. The van der Waals surface area contributed by atoms with E-state index >= 15 is 0 Å². The quantitative estimate of drug-likeness (QED) is 0.537. The summed E-state index contributed by atoms with van der Waals surface area (Å²) in [5, 5.41) is 6.07. The summed E-state index contributed by atoms with van der Waals surface area (Å²) < 4.78 is 0. The Hall–Kier alpha value is -1.43. The van der Waals surface area contributed by atoms with Gasteiger partial charge in [-0.25, -0.2) is 10.4 Å². The van der Waals surface area contributed by atoms with E-state index < -0.39 is 5.91 Å². The third kappa shape index (κ3) is 3.53. The molecule has 0 aliphatic carbocycles. The molecule has 92 valence electrons. The molecule has 0 atom stereocenters. The van der Waals surface area contributed by atoms with E-state index in [1.54, 1.807) is 6.21 Å². The maximum Gasteiger partial charge on any atom is 0.271 e. The SMILES string of the molecule is O=C(NN=Cc1cccs1)c1cc(Cl)nc(Cl)c1. The van der Waals surface area contributed by atoms with Crippen LogP contribution in [0.25, 0.3) is 0 Å². The minimum Gasteiger partial charge on any atom is -0.267 e. The topological polar surface area (TPSA) is 54.4 Å². The lowest BCUT2D eigenvalue weighted by molar-refractivity contribution is 0.0955. The Morgan fingerprint density at radius 3 is 2.72 bits per heavy atom. The molecule has 0 fully saturated rings. The molecule has 2 rings (SSSR count). The van der Waals surface area contributed by atoms with E-state index in [1.807, 2.05) is 17.5 Å². The third-order valence-electron chi connectivity index (χ3n) is 1.93. The molecule has 0 saturated heterocycles. The number of nitrogens with zero attached hydrogens (tertiary/aromatic N) is 2. The molecule has 0 radical (unpaired) electrons. The van der Waals surface area contributed by atoms with Gasteiger partial charge in [-0.15, -0.1) is 11.3 Å². The Balaban J connectivity index is 2.03. The number of thiophene rings is 1. The largest absolute Gasteiger partial charge is 0.271 e. The van der Waals surface area contributed by atoms with Crippen molar-refractivity contribution in [2.75, 3.05) is 0 Å². The predicted octanol–water partition coefficient (Wildman–Crippen LogP) is 3.21. The van der Waals surface area contributed by atoms with Crippen molar-refractivity contribution in [1.29, 1.82) is 0 Å². The first-order valence-corrected chi connectivity index (χ1v) is 6.49. The minimum absolute atomic E-state index is 0.162. The van der Waals surface area contributed by atoms with Crippen LogP contribution in [0.3, 0.4) is 0 Å². The molecule has 0 spiro atoms. The van der Waals surface area contributed by atoms with Crippen LogP contribution in [0, 0.1) is 0 Å². The van der Waals surface area contributed by atoms with Crippen molar-refractivity contribution in [2.45, 2.75) is 0 Å². The first kappa shape index (κ1) is 13.0. The monoisotopic (exact) mass is 299 g/mol. The highest BCUT2D eigenvalue weighted by Gasteiger charge is 2.07. The van der Waals surface area contributed by atoms with Crippen LogP contribution in [-0.4, -0.2) is 17.1 Å². The molecule has 0 aromatic carbocycles. The Labute approximate surface area is 117 Å². The Morgan fingerprint density at radius 2 is 2.11 bits per heavy atom. The molecule has 4 nitrogen and oxygen atoms in total. The molecule has 0 aliphatic rings. The summed E-state index contributed by atoms with van der Waals surface area (Å²) in [7, 11) is 0. The molecular weight excluding hydrogens is 293 g/mol. The molecule has 2 heterocycles. The number of pyridine rings is 1. The van der Waals surface area contributed by atoms with Crippen molar-refractivity contribution in [1.82, 2.24) is 10.4 Å². The van der Waals surface area contributed by atoms with Crippen LogP contribution in [0.1, 0.15) is 15.2 Å². The van der Waals surface area contributed by atoms with Gasteiger partial charge in [-0.05, 0) is 23.6 Å². The fraction of sp³-hybridized carbons (Fsp3) is 0. The molecule has 0 saturated carbocycles. The Kier molecular flexibility index (Phi) is 4.30. The van der Waals surface area contributed by atoms with E-state index in [4.69, 9.17) is 23.2 Å². The molecule has 2 aromatic rings. The standard InChI is InChI=1S/C11H7Cl2N3OS/c12-9-4-7(5-10(13)15-9)11(17)16-14-6-8-2-1-3-18-8/h1-6H,(H,16,17). The summed E-state index contributed by atoms with van der Waals surface area (Å²) in [5.74, 6) is -0.394. The van der Waals surface area contributed by atoms with E-state index in [9.17, 15) is 4.79 Å². The van der Waals surface area contributed by atoms with Gasteiger partial charge in [0.25, 0.3) is 5.91 Å². The summed E-state index contributed by atoms with van der Waals surface area (Å²) in [6.45, 7) is 0. The van der Waals surface area contributed by atoms with Crippen molar-refractivity contribution in [2.24, 2.45) is 5.10 Å². The van der Waals surface area contributed by atoms with Crippen molar-refractivity contribution in [3.05, 3.63) is 50.4 Å². The lowest BCUT2D eigenvalue weighted by atomic mass is 10.2. The number of hydrazone groups is 1. The van der Waals surface area contributed by atoms with Crippen LogP contribution in [0.5, 0.6) is 0 Å². The molecule has 2 aromatic heterocycles. The fourth-order valence-electron chi connectivity index (χ4n) is 1.18. The van der Waals surface area contributed by atoms with Gasteiger partial charge >= 0.3 is 0 Å². The molecule has 7 heteroatoms. The predicted molar refractivity (Wildman–Crippen MR) is 73.6 cm³/mol. The maximum absolute atomic E-state index is 11.7. The molecule has 0 aliphatic heterocycles. The van der Waals surface area contributed by atoms with E-state index in [0.29, 0.717) is 5.56 Å². The third-order valence-corrected chi connectivity index (χ3v) is 3.12. The van der Waals surface area contributed by atoms with Crippen LogP contribution < -0.4 is 5.43 Å². The van der Waals surface area contributed by atoms with Gasteiger partial charge in [0.2, 0.25) is 0 Å². The minimum atomic E-state index is -0.394. The lowest BCUT2D eigenvalue weighted by Crippen LogP contribution is -2.17. The first-order chi connectivity index (χ1) is 8.65. The number of amides is 1. The number of hydrogen-bond donors (Lipinski definition) is 1. The summed E-state index contributed by atoms with van der Waals surface area (Å²) >= 11 is 12.9. The van der Waals surface area contributed by atoms with Gasteiger partial charge in [-0.3, -0.25) is 4.79 Å². The summed E-state index contributed by atoms with van der Waals surface area (Å²) in [4.78, 5) is 16.4. The number of halogens is 2. The number of aromatic nitrogens is 1. The van der Waals surface area contributed by atoms with E-state index in [0.717, 1.165) is 4.88 Å². The zero-order valence-electron chi connectivity index (χ0n) is 8.93. The van der Waals surface area contributed by atoms with E-state index in [2.05, 4.69) is 15.5 Å². The molecule has 0 bridgehead atoms. The second kappa shape index (κ2) is 5.95. The lowest BCUT2D eigenvalue weighted by Gasteiger charge is -2.00. The number of carbonyl (C=O) groups excluding carboxylic acids is 1. The number of nitrogens with one attached hydrogen (secondary N) is 1. The van der Waals surface area contributed by atoms with Gasteiger partial charge in [0.15, 0.2) is 0 Å². The Bertz CT molecular complexity index is 564. The van der Waals surface area contributed by atoms with Crippen molar-refractivity contribution in [3.8, 4) is 0 Å². The van der Waals surface area contributed by atoms with Crippen LogP contribution in [0.4, 0.5) is 0 Å². The van der Waals surface area contributed by atoms with Gasteiger partial charge in [0, 0.05) is 10.4 Å². The second-order valence-corrected chi connectivity index (χ2v) is 4.97. The highest BCUT2D eigenvalue weighted by Crippen LogP contribution is 2.14. The van der Waals surface area contributed by atoms with E-state index in [-0.39, 0.29) is 10.3 Å². The fourth-order valence-corrected chi connectivity index (χ4v) is 2.23. The zero-order valence-corrected chi connectivity index (χ0v) is 11.3. The summed E-state index contributed by atoms with van der Waals surface area (Å²) in [6, 6.07) is 6.63. The summed E-state index contributed by atoms with van der Waals surface area (Å²) in [6.07, 6.45) is 1.56. The normalized spacial score (nSPS) is 10.8. The number of hydrogen-bond acceptors (Lipinski definition) is 4. The van der Waals surface area contributed by atoms with Gasteiger partial charge < -0.3 is 0 Å². The van der Waals surface area contributed by atoms with E-state index in [1.165, 1.54) is 23.5 Å². The van der Waals surface area contributed by atoms with Gasteiger partial charge in [0.05, 0.1) is 6.21 Å². The molecule has 18 heavy (non-hydrogen) atoms. The van der Waals surface area contributed by atoms with Gasteiger partial charge in [-0.1, -0.05) is 29.3 Å². The van der Waals surface area contributed by atoms with Crippen LogP contribution in [-0.2, 0) is 0 Å². The smallest absolute Gasteiger partial charge is 0.267 e. The number of carbonyl (C=O) groups is 1. The average molecular weight is 300 g/mol. The molecule has 1 N–H and O–H groups in total. The summed E-state index contributed by atoms with van der Waals surface area (Å²) in [5.41, 5.74) is 2.69. The van der Waals surface area contributed by atoms with Crippen molar-refractivity contribution < 1.29 is 4.79 Å². The van der Waals surface area contributed by atoms with Crippen molar-refractivity contribution in [3.63, 3.8) is 0 Å². The molecule has 0 unspecified atom stereocenters. The van der Waals surface area contributed by atoms with Gasteiger partial charge in [0.1, 0.15) is 10.3 Å². The highest BCUT2D eigenvalue weighted by molar-refractivity contribution is 7.11. The second-order valence-electron chi connectivity index (χ2n) is 3.22. The van der Waals surface area contributed by atoms with Crippen LogP contribution in [0.2, 0.25) is 10.3 Å². The highest BCUT2D eigenvalue weighted by atomic mass is 35.5. The van der Waals surface area contributed by atoms with Crippen LogP contribution in [0.15, 0.2) is 34.7 Å².